The summed E-state index contributed by atoms with van der Waals surface area (Å²) >= 11 is 0. The topological polar surface area (TPSA) is 29.4 Å². The fraction of sp³-hybridized carbons (Fsp3) is 0.667. The molecule has 8 heavy (non-hydrogen) atoms. The molecule has 46 valence electrons. The van der Waals surface area contributed by atoms with Crippen molar-refractivity contribution in [3.63, 3.8) is 0 Å². The Kier molecular flexibility index (Phi) is 5.82. The van der Waals surface area contributed by atoms with Gasteiger partial charge in [-0.3, -0.25) is 0 Å². The Hall–Kier alpha value is -0.660. The zero-order valence-corrected chi connectivity index (χ0v) is 5.13. The van der Waals surface area contributed by atoms with E-state index in [9.17, 15) is 4.91 Å². The molecule has 0 aromatic heterocycles. The molecule has 0 fully saturated rings. The Balaban J connectivity index is 2.94. The van der Waals surface area contributed by atoms with Crippen LogP contribution in [0.1, 0.15) is 19.8 Å². The average molecular weight is 113 g/mol. The highest BCUT2D eigenvalue weighted by Gasteiger charge is 1.71. The summed E-state index contributed by atoms with van der Waals surface area (Å²) in [6.07, 6.45) is 5.95. The van der Waals surface area contributed by atoms with Crippen molar-refractivity contribution >= 4 is 0 Å². The van der Waals surface area contributed by atoms with E-state index < -0.39 is 0 Å². The van der Waals surface area contributed by atoms with Crippen LogP contribution < -0.4 is 0 Å². The second kappa shape index (κ2) is 6.34. The first-order chi connectivity index (χ1) is 3.91. The summed E-state index contributed by atoms with van der Waals surface area (Å²) in [4.78, 5) is 9.47. The molecule has 0 heterocycles. The summed E-state index contributed by atoms with van der Waals surface area (Å²) in [7, 11) is 0. The smallest absolute Gasteiger partial charge is 0.0992 e. The Morgan fingerprint density at radius 1 is 1.50 bits per heavy atom. The molecular formula is C6H11NO. The van der Waals surface area contributed by atoms with Gasteiger partial charge in [-0.1, -0.05) is 30.7 Å². The van der Waals surface area contributed by atoms with Crippen LogP contribution in [0.3, 0.4) is 0 Å². The summed E-state index contributed by atoms with van der Waals surface area (Å²) in [5.74, 6) is 0. The number of rotatable bonds is 4. The van der Waals surface area contributed by atoms with Crippen LogP contribution in [0.15, 0.2) is 17.3 Å². The van der Waals surface area contributed by atoms with Crippen molar-refractivity contribution in [2.24, 2.45) is 5.18 Å². The normalized spacial score (nSPS) is 10.1. The zero-order valence-electron chi connectivity index (χ0n) is 5.13. The lowest BCUT2D eigenvalue weighted by molar-refractivity contribution is 0.953. The molecule has 0 bridgehead atoms. The third-order valence-electron chi connectivity index (χ3n) is 0.802. The molecule has 0 amide bonds. The molecule has 0 saturated carbocycles. The second-order valence-electron chi connectivity index (χ2n) is 1.57. The Morgan fingerprint density at radius 2 is 2.25 bits per heavy atom. The molecule has 2 nitrogen and oxygen atoms in total. The van der Waals surface area contributed by atoms with Crippen LogP contribution in [-0.2, 0) is 0 Å². The SMILES string of the molecule is CCC/C=C/CN=O. The Morgan fingerprint density at radius 3 is 2.75 bits per heavy atom. The van der Waals surface area contributed by atoms with Crippen molar-refractivity contribution in [1.29, 1.82) is 0 Å². The summed E-state index contributed by atoms with van der Waals surface area (Å²) in [6, 6.07) is 0. The zero-order chi connectivity index (χ0) is 6.24. The van der Waals surface area contributed by atoms with Crippen LogP contribution in [0, 0.1) is 4.91 Å². The summed E-state index contributed by atoms with van der Waals surface area (Å²) in [5, 5.41) is 2.67. The van der Waals surface area contributed by atoms with Crippen LogP contribution in [0.4, 0.5) is 0 Å². The fourth-order valence-electron chi connectivity index (χ4n) is 0.402. The summed E-state index contributed by atoms with van der Waals surface area (Å²) in [5.41, 5.74) is 0. The lowest BCUT2D eigenvalue weighted by Gasteiger charge is -1.79. The van der Waals surface area contributed by atoms with Gasteiger partial charge >= 0.3 is 0 Å². The Bertz CT molecular complexity index is 78.6. The van der Waals surface area contributed by atoms with Gasteiger partial charge < -0.3 is 0 Å². The molecule has 0 aliphatic rings. The molecule has 0 saturated heterocycles. The van der Waals surface area contributed by atoms with Crippen LogP contribution in [-0.4, -0.2) is 6.54 Å². The lowest BCUT2D eigenvalue weighted by Crippen LogP contribution is -1.66. The van der Waals surface area contributed by atoms with E-state index in [1.165, 1.54) is 0 Å². The highest BCUT2D eigenvalue weighted by molar-refractivity contribution is 4.82. The standard InChI is InChI=1S/C6H11NO/c1-2-3-4-5-6-7-8/h4-5H,2-3,6H2,1H3/b5-4+. The fourth-order valence-corrected chi connectivity index (χ4v) is 0.402. The molecular weight excluding hydrogens is 102 g/mol. The molecule has 0 radical (unpaired) electrons. The van der Waals surface area contributed by atoms with Crippen molar-refractivity contribution < 1.29 is 0 Å². The van der Waals surface area contributed by atoms with E-state index in [2.05, 4.69) is 12.1 Å². The molecule has 0 aromatic rings. The van der Waals surface area contributed by atoms with Gasteiger partial charge in [-0.25, -0.2) is 0 Å². The van der Waals surface area contributed by atoms with E-state index in [0.29, 0.717) is 6.54 Å². The van der Waals surface area contributed by atoms with Crippen molar-refractivity contribution in [3.8, 4) is 0 Å². The maximum atomic E-state index is 9.47. The molecule has 0 atom stereocenters. The van der Waals surface area contributed by atoms with Crippen LogP contribution in [0.5, 0.6) is 0 Å². The van der Waals surface area contributed by atoms with Crippen molar-refractivity contribution in [1.82, 2.24) is 0 Å². The third-order valence-corrected chi connectivity index (χ3v) is 0.802. The monoisotopic (exact) mass is 113 g/mol. The number of hydrogen-bond acceptors (Lipinski definition) is 2. The van der Waals surface area contributed by atoms with Crippen molar-refractivity contribution in [3.05, 3.63) is 17.1 Å². The van der Waals surface area contributed by atoms with E-state index in [4.69, 9.17) is 0 Å². The average Bonchev–Trinajstić information content (AvgIpc) is 1.81. The Labute approximate surface area is 49.6 Å². The van der Waals surface area contributed by atoms with Crippen LogP contribution >= 0.6 is 0 Å². The minimum atomic E-state index is 0.319. The first kappa shape index (κ1) is 7.34. The predicted molar refractivity (Wildman–Crippen MR) is 34.7 cm³/mol. The second-order valence-corrected chi connectivity index (χ2v) is 1.57. The van der Waals surface area contributed by atoms with Gasteiger partial charge in [-0.2, -0.15) is 4.91 Å². The molecule has 0 aliphatic heterocycles. The third kappa shape index (κ3) is 5.34. The van der Waals surface area contributed by atoms with E-state index in [1.807, 2.05) is 6.08 Å². The van der Waals surface area contributed by atoms with E-state index in [1.54, 1.807) is 6.08 Å². The summed E-state index contributed by atoms with van der Waals surface area (Å²) in [6.45, 7) is 2.42. The highest BCUT2D eigenvalue weighted by Crippen LogP contribution is 1.87. The largest absolute Gasteiger partial charge is 0.150 e. The minimum absolute atomic E-state index is 0.319. The number of nitroso groups, excluding NO2 is 1. The first-order valence-electron chi connectivity index (χ1n) is 2.86. The van der Waals surface area contributed by atoms with Gasteiger partial charge in [0.1, 0.15) is 0 Å². The number of nitrogens with zero attached hydrogens (tertiary/aromatic N) is 1. The van der Waals surface area contributed by atoms with E-state index in [0.717, 1.165) is 12.8 Å². The lowest BCUT2D eigenvalue weighted by atomic mass is 10.3. The summed E-state index contributed by atoms with van der Waals surface area (Å²) < 4.78 is 0. The van der Waals surface area contributed by atoms with E-state index >= 15 is 0 Å². The van der Waals surface area contributed by atoms with Crippen molar-refractivity contribution in [2.75, 3.05) is 6.54 Å². The number of unbranched alkanes of at least 4 members (excludes halogenated alkanes) is 1. The van der Waals surface area contributed by atoms with E-state index in [-0.39, 0.29) is 0 Å². The predicted octanol–water partition coefficient (Wildman–Crippen LogP) is 2.11. The van der Waals surface area contributed by atoms with Gasteiger partial charge in [0.05, 0.1) is 6.54 Å². The molecule has 2 heteroatoms. The quantitative estimate of drug-likeness (QED) is 0.405. The van der Waals surface area contributed by atoms with Gasteiger partial charge in [0.2, 0.25) is 0 Å². The molecule has 0 spiro atoms. The maximum absolute atomic E-state index is 9.47. The van der Waals surface area contributed by atoms with Gasteiger partial charge in [-0.15, -0.1) is 0 Å². The molecule has 0 unspecified atom stereocenters. The van der Waals surface area contributed by atoms with Gasteiger partial charge in [-0.05, 0) is 6.42 Å². The molecule has 0 aliphatic carbocycles. The van der Waals surface area contributed by atoms with Crippen LogP contribution in [0.2, 0.25) is 0 Å². The van der Waals surface area contributed by atoms with Crippen LogP contribution in [0.25, 0.3) is 0 Å². The van der Waals surface area contributed by atoms with Crippen molar-refractivity contribution in [2.45, 2.75) is 19.8 Å². The first-order valence-corrected chi connectivity index (χ1v) is 2.86. The molecule has 0 N–H and O–H groups in total. The molecule has 0 rings (SSSR count). The van der Waals surface area contributed by atoms with Gasteiger partial charge in [0.25, 0.3) is 0 Å². The van der Waals surface area contributed by atoms with Gasteiger partial charge in [0.15, 0.2) is 0 Å². The minimum Gasteiger partial charge on any atom is -0.150 e. The highest BCUT2D eigenvalue weighted by atomic mass is 16.3. The number of allylic oxidation sites excluding steroid dienone is 1. The molecule has 0 aromatic carbocycles. The van der Waals surface area contributed by atoms with Gasteiger partial charge in [0, 0.05) is 0 Å². The number of hydrogen-bond donors (Lipinski definition) is 0. The maximum Gasteiger partial charge on any atom is 0.0992 e.